The molecule has 7 heteroatoms. The molecule has 0 spiro atoms. The molecule has 32 heavy (non-hydrogen) atoms. The van der Waals surface area contributed by atoms with Crippen LogP contribution in [0.4, 0.5) is 0 Å². The van der Waals surface area contributed by atoms with Crippen LogP contribution in [0.25, 0.3) is 11.1 Å². The van der Waals surface area contributed by atoms with E-state index in [2.05, 4.69) is 60.1 Å². The number of nitrogens with two attached hydrogens (primary N) is 1. The quantitative estimate of drug-likeness (QED) is 0.718. The van der Waals surface area contributed by atoms with E-state index in [4.69, 9.17) is 5.14 Å². The Morgan fingerprint density at radius 3 is 2.66 bits per heavy atom. The first-order valence-electron chi connectivity index (χ1n) is 11.6. The van der Waals surface area contributed by atoms with Crippen molar-refractivity contribution in [1.29, 1.82) is 0 Å². The summed E-state index contributed by atoms with van der Waals surface area (Å²) in [6, 6.07) is 8.77. The minimum Gasteiger partial charge on any atom is -0.298 e. The number of aryl methyl sites for hydroxylation is 1. The zero-order valence-electron chi connectivity index (χ0n) is 19.5. The Labute approximate surface area is 191 Å². The number of likely N-dealkylation sites (tertiary alicyclic amines) is 1. The highest BCUT2D eigenvalue weighted by atomic mass is 32.2. The van der Waals surface area contributed by atoms with Crippen LogP contribution in [0.1, 0.15) is 62.4 Å². The maximum absolute atomic E-state index is 13.0. The van der Waals surface area contributed by atoms with Crippen LogP contribution in [0.5, 0.6) is 0 Å². The van der Waals surface area contributed by atoms with Gasteiger partial charge in [0.25, 0.3) is 5.91 Å². The summed E-state index contributed by atoms with van der Waals surface area (Å²) in [5, 5.41) is 5.81. The zero-order chi connectivity index (χ0) is 23.0. The van der Waals surface area contributed by atoms with Gasteiger partial charge in [0, 0.05) is 31.0 Å². The maximum atomic E-state index is 13.0. The van der Waals surface area contributed by atoms with Crippen molar-refractivity contribution < 1.29 is 9.00 Å². The van der Waals surface area contributed by atoms with Crippen LogP contribution < -0.4 is 5.14 Å². The minimum absolute atomic E-state index is 0.132. The molecule has 2 N–H and O–H groups in total. The van der Waals surface area contributed by atoms with Gasteiger partial charge in [-0.2, -0.15) is 0 Å². The van der Waals surface area contributed by atoms with E-state index in [9.17, 15) is 9.00 Å². The molecule has 4 rings (SSSR count). The third-order valence-corrected chi connectivity index (χ3v) is 8.48. The van der Waals surface area contributed by atoms with E-state index in [1.807, 2.05) is 12.3 Å². The molecular formula is C25H34N4O2S. The summed E-state index contributed by atoms with van der Waals surface area (Å²) in [4.78, 5) is 19.7. The summed E-state index contributed by atoms with van der Waals surface area (Å²) in [5.74, 6) is -0.0700. The van der Waals surface area contributed by atoms with Crippen LogP contribution in [0.2, 0.25) is 0 Å². The summed E-state index contributed by atoms with van der Waals surface area (Å²) < 4.78 is 17.1. The van der Waals surface area contributed by atoms with Crippen molar-refractivity contribution >= 4 is 15.8 Å². The molecule has 0 saturated carbocycles. The van der Waals surface area contributed by atoms with E-state index < -0.39 is 9.92 Å². The molecule has 0 radical (unpaired) electrons. The number of amides is 1. The molecule has 1 fully saturated rings. The van der Waals surface area contributed by atoms with Crippen molar-refractivity contribution in [3.63, 3.8) is 0 Å². The molecule has 1 aliphatic carbocycles. The Bertz CT molecular complexity index is 1140. The third kappa shape index (κ3) is 4.65. The van der Waals surface area contributed by atoms with Crippen molar-refractivity contribution in [2.24, 2.45) is 9.50 Å². The number of aromatic nitrogens is 1. The number of hydrogen-bond donors (Lipinski definition) is 1. The third-order valence-electron chi connectivity index (χ3n) is 6.74. The summed E-state index contributed by atoms with van der Waals surface area (Å²) in [7, 11) is -3.05. The van der Waals surface area contributed by atoms with E-state index in [1.54, 1.807) is 0 Å². The SMILES string of the molecule is CC(C)c1cc(-c2ccc3c(c2CC(=O)N=S(N)(=O)C2CN(C(C)C)C2)CCC3)ccn1. The molecule has 0 bridgehead atoms. The second-order valence-electron chi connectivity index (χ2n) is 9.65. The zero-order valence-corrected chi connectivity index (χ0v) is 20.3. The molecule has 1 aromatic carbocycles. The number of hydrogen-bond acceptors (Lipinski definition) is 4. The Kier molecular flexibility index (Phi) is 6.52. The number of nitrogens with zero attached hydrogens (tertiary/aromatic N) is 3. The Balaban J connectivity index is 1.65. The van der Waals surface area contributed by atoms with Crippen molar-refractivity contribution in [3.05, 3.63) is 52.8 Å². The number of rotatable bonds is 6. The van der Waals surface area contributed by atoms with Crippen LogP contribution >= 0.6 is 0 Å². The van der Waals surface area contributed by atoms with E-state index in [1.165, 1.54) is 11.1 Å². The standard InChI is InChI=1S/C25H34N4O2S/c1-16(2)24-12-19(10-11-27-24)22-9-8-18-6-5-7-21(18)23(22)13-25(30)28-32(26,31)20-14-29(15-20)17(3)4/h8-12,16-17,20H,5-7,13-15H2,1-4H3,(H2,26,28,30,31). The first-order valence-corrected chi connectivity index (χ1v) is 13.2. The number of pyridine rings is 1. The normalized spacial score (nSPS) is 18.5. The lowest BCUT2D eigenvalue weighted by atomic mass is 9.90. The van der Waals surface area contributed by atoms with Gasteiger partial charge in [-0.05, 0) is 79.0 Å². The van der Waals surface area contributed by atoms with Gasteiger partial charge < -0.3 is 0 Å². The molecule has 1 amide bonds. The summed E-state index contributed by atoms with van der Waals surface area (Å²) in [6.07, 6.45) is 5.04. The van der Waals surface area contributed by atoms with Crippen LogP contribution in [0, 0.1) is 0 Å². The fourth-order valence-corrected chi connectivity index (χ4v) is 6.01. The molecule has 1 aromatic heterocycles. The van der Waals surface area contributed by atoms with Gasteiger partial charge in [0.05, 0.1) is 11.7 Å². The smallest absolute Gasteiger partial charge is 0.259 e. The lowest BCUT2D eigenvalue weighted by molar-refractivity contribution is -0.117. The highest BCUT2D eigenvalue weighted by molar-refractivity contribution is 7.92. The van der Waals surface area contributed by atoms with Gasteiger partial charge in [-0.3, -0.25) is 14.7 Å². The molecule has 1 unspecified atom stereocenters. The largest absolute Gasteiger partial charge is 0.298 e. The van der Waals surface area contributed by atoms with E-state index in [0.29, 0.717) is 25.0 Å². The number of carbonyl (C=O) groups excluding carboxylic acids is 1. The highest BCUT2D eigenvalue weighted by Crippen LogP contribution is 2.35. The second kappa shape index (κ2) is 9.04. The van der Waals surface area contributed by atoms with Crippen molar-refractivity contribution in [1.82, 2.24) is 9.88 Å². The van der Waals surface area contributed by atoms with Crippen molar-refractivity contribution in [3.8, 4) is 11.1 Å². The number of carbonyl (C=O) groups is 1. The monoisotopic (exact) mass is 454 g/mol. The lowest BCUT2D eigenvalue weighted by Gasteiger charge is -2.41. The van der Waals surface area contributed by atoms with Crippen molar-refractivity contribution in [2.45, 2.75) is 70.6 Å². The predicted molar refractivity (Wildman–Crippen MR) is 130 cm³/mol. The maximum Gasteiger partial charge on any atom is 0.259 e. The van der Waals surface area contributed by atoms with Crippen molar-refractivity contribution in [2.75, 3.05) is 13.1 Å². The second-order valence-corrected chi connectivity index (χ2v) is 11.7. The Morgan fingerprint density at radius 2 is 1.97 bits per heavy atom. The van der Waals surface area contributed by atoms with E-state index in [-0.39, 0.29) is 17.6 Å². The highest BCUT2D eigenvalue weighted by Gasteiger charge is 2.35. The molecule has 2 aromatic rings. The first-order chi connectivity index (χ1) is 15.2. The van der Waals surface area contributed by atoms with Gasteiger partial charge in [-0.1, -0.05) is 26.0 Å². The van der Waals surface area contributed by atoms with Gasteiger partial charge in [0.15, 0.2) is 0 Å². The topological polar surface area (TPSA) is 88.7 Å². The van der Waals surface area contributed by atoms with Gasteiger partial charge in [-0.15, -0.1) is 4.36 Å². The molecule has 1 saturated heterocycles. The van der Waals surface area contributed by atoms with Crippen LogP contribution in [-0.2, 0) is 34.0 Å². The number of benzene rings is 1. The van der Waals surface area contributed by atoms with Gasteiger partial charge in [0.1, 0.15) is 9.92 Å². The minimum atomic E-state index is -3.05. The fraction of sp³-hybridized carbons (Fsp3) is 0.520. The van der Waals surface area contributed by atoms with Crippen LogP contribution in [0.15, 0.2) is 34.8 Å². The molecule has 2 heterocycles. The average molecular weight is 455 g/mol. The molecule has 6 nitrogen and oxygen atoms in total. The fourth-order valence-electron chi connectivity index (χ4n) is 4.67. The van der Waals surface area contributed by atoms with Crippen LogP contribution in [0.3, 0.4) is 0 Å². The predicted octanol–water partition coefficient (Wildman–Crippen LogP) is 3.86. The average Bonchev–Trinajstić information content (AvgIpc) is 3.15. The van der Waals surface area contributed by atoms with E-state index in [0.717, 1.165) is 41.6 Å². The number of fused-ring (bicyclic) bond motifs is 1. The van der Waals surface area contributed by atoms with Gasteiger partial charge in [-0.25, -0.2) is 9.35 Å². The van der Waals surface area contributed by atoms with Gasteiger partial charge in [0.2, 0.25) is 0 Å². The summed E-state index contributed by atoms with van der Waals surface area (Å²) >= 11 is 0. The molecule has 1 atom stereocenters. The Morgan fingerprint density at radius 1 is 1.22 bits per heavy atom. The molecule has 1 aliphatic heterocycles. The summed E-state index contributed by atoms with van der Waals surface area (Å²) in [6.45, 7) is 9.69. The van der Waals surface area contributed by atoms with Gasteiger partial charge >= 0.3 is 0 Å². The molecule has 2 aliphatic rings. The molecular weight excluding hydrogens is 420 g/mol. The lowest BCUT2D eigenvalue weighted by Crippen LogP contribution is -2.58. The first kappa shape index (κ1) is 23.1. The van der Waals surface area contributed by atoms with E-state index >= 15 is 0 Å². The summed E-state index contributed by atoms with van der Waals surface area (Å²) in [5.41, 5.74) is 6.66. The molecule has 172 valence electrons. The Hall–Kier alpha value is -2.09. The van der Waals surface area contributed by atoms with Crippen LogP contribution in [-0.4, -0.2) is 44.4 Å².